The Bertz CT molecular complexity index is 667. The van der Waals surface area contributed by atoms with Crippen LogP contribution in [0.1, 0.15) is 17.0 Å². The molecule has 0 bridgehead atoms. The molecule has 3 rings (SSSR count). The molecular weight excluding hydrogens is 252 g/mol. The first-order valence-electron chi connectivity index (χ1n) is 6.54. The third kappa shape index (κ3) is 2.20. The molecule has 0 aromatic heterocycles. The van der Waals surface area contributed by atoms with Gasteiger partial charge in [-0.1, -0.05) is 18.2 Å². The van der Waals surface area contributed by atoms with E-state index in [1.54, 1.807) is 6.07 Å². The number of nitrogens with two attached hydrogens (primary N) is 1. The molecule has 1 amide bonds. The number of benzene rings is 2. The summed E-state index contributed by atoms with van der Waals surface area (Å²) >= 11 is 0. The molecule has 102 valence electrons. The summed E-state index contributed by atoms with van der Waals surface area (Å²) in [5.74, 6) is 0.476. The first-order valence-corrected chi connectivity index (χ1v) is 6.54. The van der Waals surface area contributed by atoms with Crippen LogP contribution < -0.4 is 15.8 Å². The van der Waals surface area contributed by atoms with E-state index in [1.807, 2.05) is 43.3 Å². The van der Waals surface area contributed by atoms with Crippen molar-refractivity contribution < 1.29 is 9.53 Å². The van der Waals surface area contributed by atoms with Crippen LogP contribution in [0.25, 0.3) is 0 Å². The molecule has 3 N–H and O–H groups in total. The number of hydrogen-bond donors (Lipinski definition) is 2. The summed E-state index contributed by atoms with van der Waals surface area (Å²) in [7, 11) is 0. The average Bonchev–Trinajstić information content (AvgIpc) is 2.87. The molecule has 2 aromatic carbocycles. The standard InChI is InChI=1S/C16H16N2O2/c1-10-8-11(6-7-14(10)17)18-16(19)13-9-20-15-5-3-2-4-12(13)15/h2-8,13H,9,17H2,1H3,(H,18,19). The lowest BCUT2D eigenvalue weighted by atomic mass is 10.0. The number of hydrogen-bond acceptors (Lipinski definition) is 3. The van der Waals surface area contributed by atoms with E-state index >= 15 is 0 Å². The van der Waals surface area contributed by atoms with Gasteiger partial charge in [-0.25, -0.2) is 0 Å². The Labute approximate surface area is 117 Å². The molecule has 1 heterocycles. The SMILES string of the molecule is Cc1cc(NC(=O)C2COc3ccccc32)ccc1N. The van der Waals surface area contributed by atoms with Crippen LogP contribution in [0.5, 0.6) is 5.75 Å². The molecule has 0 radical (unpaired) electrons. The minimum Gasteiger partial charge on any atom is -0.492 e. The Balaban J connectivity index is 1.79. The van der Waals surface area contributed by atoms with E-state index in [1.165, 1.54) is 0 Å². The Morgan fingerprint density at radius 1 is 1.30 bits per heavy atom. The molecule has 1 unspecified atom stereocenters. The number of para-hydroxylation sites is 1. The maximum atomic E-state index is 12.4. The molecule has 4 heteroatoms. The highest BCUT2D eigenvalue weighted by Gasteiger charge is 2.29. The summed E-state index contributed by atoms with van der Waals surface area (Å²) in [6.45, 7) is 2.30. The van der Waals surface area contributed by atoms with Gasteiger partial charge < -0.3 is 15.8 Å². The first kappa shape index (κ1) is 12.5. The van der Waals surface area contributed by atoms with E-state index in [2.05, 4.69) is 5.32 Å². The van der Waals surface area contributed by atoms with Crippen molar-refractivity contribution in [3.63, 3.8) is 0 Å². The van der Waals surface area contributed by atoms with E-state index in [4.69, 9.17) is 10.5 Å². The van der Waals surface area contributed by atoms with E-state index in [-0.39, 0.29) is 11.8 Å². The number of nitrogens with one attached hydrogen (secondary N) is 1. The molecule has 0 aliphatic carbocycles. The number of nitrogen functional groups attached to an aromatic ring is 1. The average molecular weight is 268 g/mol. The molecular formula is C16H16N2O2. The predicted molar refractivity (Wildman–Crippen MR) is 78.9 cm³/mol. The van der Waals surface area contributed by atoms with Crippen LogP contribution >= 0.6 is 0 Å². The van der Waals surface area contributed by atoms with Crippen molar-refractivity contribution in [3.8, 4) is 5.75 Å². The summed E-state index contributed by atoms with van der Waals surface area (Å²) < 4.78 is 5.53. The number of carbonyl (C=O) groups is 1. The zero-order chi connectivity index (χ0) is 14.1. The number of carbonyl (C=O) groups excluding carboxylic acids is 1. The van der Waals surface area contributed by atoms with Crippen molar-refractivity contribution in [2.75, 3.05) is 17.7 Å². The van der Waals surface area contributed by atoms with Gasteiger partial charge in [0.05, 0.1) is 0 Å². The second-order valence-corrected chi connectivity index (χ2v) is 4.96. The third-order valence-corrected chi connectivity index (χ3v) is 3.55. The topological polar surface area (TPSA) is 64.3 Å². The van der Waals surface area contributed by atoms with Crippen LogP contribution in [-0.2, 0) is 4.79 Å². The van der Waals surface area contributed by atoms with Crippen molar-refractivity contribution in [1.29, 1.82) is 0 Å². The summed E-state index contributed by atoms with van der Waals surface area (Å²) in [6, 6.07) is 13.1. The normalized spacial score (nSPS) is 16.4. The van der Waals surface area contributed by atoms with E-state index < -0.39 is 0 Å². The summed E-state index contributed by atoms with van der Waals surface area (Å²) in [5.41, 5.74) is 9.14. The summed E-state index contributed by atoms with van der Waals surface area (Å²) in [6.07, 6.45) is 0. The lowest BCUT2D eigenvalue weighted by molar-refractivity contribution is -0.117. The van der Waals surface area contributed by atoms with Gasteiger partial charge in [-0.15, -0.1) is 0 Å². The van der Waals surface area contributed by atoms with Crippen molar-refractivity contribution in [1.82, 2.24) is 0 Å². The highest BCUT2D eigenvalue weighted by Crippen LogP contribution is 2.34. The molecule has 0 saturated carbocycles. The van der Waals surface area contributed by atoms with E-state index in [9.17, 15) is 4.79 Å². The lowest BCUT2D eigenvalue weighted by Gasteiger charge is -2.11. The van der Waals surface area contributed by atoms with E-state index in [0.29, 0.717) is 6.61 Å². The zero-order valence-electron chi connectivity index (χ0n) is 11.2. The van der Waals surface area contributed by atoms with E-state index in [0.717, 1.165) is 28.3 Å². The lowest BCUT2D eigenvalue weighted by Crippen LogP contribution is -2.22. The van der Waals surface area contributed by atoms with Crippen LogP contribution in [0, 0.1) is 6.92 Å². The van der Waals surface area contributed by atoms with Gasteiger partial charge in [-0.05, 0) is 36.8 Å². The highest BCUT2D eigenvalue weighted by atomic mass is 16.5. The Morgan fingerprint density at radius 2 is 2.10 bits per heavy atom. The second kappa shape index (κ2) is 4.89. The van der Waals surface area contributed by atoms with Gasteiger partial charge >= 0.3 is 0 Å². The van der Waals surface area contributed by atoms with Crippen molar-refractivity contribution in [3.05, 3.63) is 53.6 Å². The Kier molecular flexibility index (Phi) is 3.06. The minimum atomic E-state index is -0.260. The van der Waals surface area contributed by atoms with Crippen molar-refractivity contribution in [2.45, 2.75) is 12.8 Å². The molecule has 1 aliphatic heterocycles. The molecule has 0 fully saturated rings. The van der Waals surface area contributed by atoms with Crippen molar-refractivity contribution in [2.24, 2.45) is 0 Å². The quantitative estimate of drug-likeness (QED) is 0.823. The number of rotatable bonds is 2. The van der Waals surface area contributed by atoms with Gasteiger partial charge in [0.1, 0.15) is 18.3 Å². The second-order valence-electron chi connectivity index (χ2n) is 4.96. The number of aryl methyl sites for hydroxylation is 1. The number of ether oxygens (including phenoxy) is 1. The molecule has 1 atom stereocenters. The highest BCUT2D eigenvalue weighted by molar-refractivity contribution is 5.97. The first-order chi connectivity index (χ1) is 9.65. The molecule has 2 aromatic rings. The number of amides is 1. The maximum Gasteiger partial charge on any atom is 0.235 e. The molecule has 4 nitrogen and oxygen atoms in total. The van der Waals surface area contributed by atoms with Crippen LogP contribution in [-0.4, -0.2) is 12.5 Å². The summed E-state index contributed by atoms with van der Waals surface area (Å²) in [5, 5.41) is 2.92. The fourth-order valence-corrected chi connectivity index (χ4v) is 2.36. The maximum absolute atomic E-state index is 12.4. The zero-order valence-corrected chi connectivity index (χ0v) is 11.2. The Hall–Kier alpha value is -2.49. The fourth-order valence-electron chi connectivity index (χ4n) is 2.36. The third-order valence-electron chi connectivity index (χ3n) is 3.55. The largest absolute Gasteiger partial charge is 0.492 e. The smallest absolute Gasteiger partial charge is 0.235 e. The van der Waals surface area contributed by atoms with Gasteiger partial charge in [-0.2, -0.15) is 0 Å². The van der Waals surface area contributed by atoms with Crippen LogP contribution in [0.15, 0.2) is 42.5 Å². The van der Waals surface area contributed by atoms with Gasteiger partial charge in [0.25, 0.3) is 0 Å². The van der Waals surface area contributed by atoms with Crippen molar-refractivity contribution >= 4 is 17.3 Å². The minimum absolute atomic E-state index is 0.0564. The van der Waals surface area contributed by atoms with Crippen LogP contribution in [0.3, 0.4) is 0 Å². The molecule has 1 aliphatic rings. The van der Waals surface area contributed by atoms with Crippen LogP contribution in [0.2, 0.25) is 0 Å². The van der Waals surface area contributed by atoms with Crippen LogP contribution in [0.4, 0.5) is 11.4 Å². The van der Waals surface area contributed by atoms with Gasteiger partial charge in [-0.3, -0.25) is 4.79 Å². The monoisotopic (exact) mass is 268 g/mol. The number of fused-ring (bicyclic) bond motifs is 1. The van der Waals surface area contributed by atoms with Gasteiger partial charge in [0, 0.05) is 16.9 Å². The van der Waals surface area contributed by atoms with Gasteiger partial charge in [0.2, 0.25) is 5.91 Å². The summed E-state index contributed by atoms with van der Waals surface area (Å²) in [4.78, 5) is 12.4. The molecule has 0 spiro atoms. The Morgan fingerprint density at radius 3 is 2.90 bits per heavy atom. The molecule has 0 saturated heterocycles. The number of anilines is 2. The van der Waals surface area contributed by atoms with Gasteiger partial charge in [0.15, 0.2) is 0 Å². The fraction of sp³-hybridized carbons (Fsp3) is 0.188. The predicted octanol–water partition coefficient (Wildman–Crippen LogP) is 2.69. The molecule has 20 heavy (non-hydrogen) atoms.